The number of amides is 1. The van der Waals surface area contributed by atoms with Crippen molar-refractivity contribution in [2.75, 3.05) is 46.3 Å². The van der Waals surface area contributed by atoms with Gasteiger partial charge in [0.1, 0.15) is 0 Å². The Kier molecular flexibility index (Phi) is 4.90. The van der Waals surface area contributed by atoms with E-state index in [0.29, 0.717) is 6.54 Å². The molecule has 0 unspecified atom stereocenters. The smallest absolute Gasteiger partial charge is 0.236 e. The molecule has 0 saturated carbocycles. The summed E-state index contributed by atoms with van der Waals surface area (Å²) in [5, 5.41) is 2.90. The van der Waals surface area contributed by atoms with Gasteiger partial charge in [0.25, 0.3) is 0 Å². The van der Waals surface area contributed by atoms with Crippen molar-refractivity contribution in [1.29, 1.82) is 0 Å². The second kappa shape index (κ2) is 5.98. The van der Waals surface area contributed by atoms with Crippen LogP contribution in [0, 0.1) is 0 Å². The lowest BCUT2D eigenvalue weighted by atomic mass is 10.3. The summed E-state index contributed by atoms with van der Waals surface area (Å²) in [6, 6.07) is 0. The summed E-state index contributed by atoms with van der Waals surface area (Å²) in [6.07, 6.45) is 1.20. The predicted octanol–water partition coefficient (Wildman–Crippen LogP) is -0.240. The van der Waals surface area contributed by atoms with E-state index in [2.05, 4.69) is 17.1 Å². The molecule has 0 aromatic rings. The summed E-state index contributed by atoms with van der Waals surface area (Å²) >= 11 is 0. The van der Waals surface area contributed by atoms with Crippen molar-refractivity contribution >= 4 is 5.91 Å². The Balaban J connectivity index is 2.24. The Morgan fingerprint density at radius 2 is 1.93 bits per heavy atom. The molecular weight excluding hydrogens is 178 g/mol. The number of carbonyl (C=O) groups excluding carboxylic acids is 1. The van der Waals surface area contributed by atoms with Crippen LogP contribution in [0.3, 0.4) is 0 Å². The molecule has 1 fully saturated rings. The molecule has 1 saturated heterocycles. The van der Waals surface area contributed by atoms with Crippen LogP contribution in [0.5, 0.6) is 0 Å². The van der Waals surface area contributed by atoms with Gasteiger partial charge >= 0.3 is 0 Å². The number of likely N-dealkylation sites (N-methyl/N-ethyl adjacent to an activating group) is 1. The minimum Gasteiger partial charge on any atom is -0.339 e. The van der Waals surface area contributed by atoms with E-state index in [1.807, 2.05) is 11.9 Å². The maximum absolute atomic E-state index is 11.5. The van der Waals surface area contributed by atoms with Crippen molar-refractivity contribution in [2.24, 2.45) is 0 Å². The van der Waals surface area contributed by atoms with Crippen LogP contribution in [0.4, 0.5) is 0 Å². The lowest BCUT2D eigenvalue weighted by Gasteiger charge is -2.34. The van der Waals surface area contributed by atoms with Crippen molar-refractivity contribution in [1.82, 2.24) is 15.1 Å². The van der Waals surface area contributed by atoms with Crippen molar-refractivity contribution in [3.05, 3.63) is 0 Å². The largest absolute Gasteiger partial charge is 0.339 e. The molecule has 1 aliphatic heterocycles. The Labute approximate surface area is 86.2 Å². The molecule has 0 aliphatic carbocycles. The first-order valence-corrected chi connectivity index (χ1v) is 5.42. The lowest BCUT2D eigenvalue weighted by Crippen LogP contribution is -2.50. The molecule has 0 spiro atoms. The molecule has 1 rings (SSSR count). The van der Waals surface area contributed by atoms with Gasteiger partial charge in [-0.05, 0) is 20.0 Å². The van der Waals surface area contributed by atoms with Gasteiger partial charge in [-0.25, -0.2) is 0 Å². The standard InChI is InChI=1S/C10H21N3O/c1-3-4-12-5-7-13(8-6-12)10(14)9-11-2/h11H,3-9H2,1-2H3. The van der Waals surface area contributed by atoms with E-state index in [-0.39, 0.29) is 5.91 Å². The van der Waals surface area contributed by atoms with E-state index in [1.54, 1.807) is 0 Å². The number of hydrogen-bond acceptors (Lipinski definition) is 3. The van der Waals surface area contributed by atoms with Crippen LogP contribution in [-0.2, 0) is 4.79 Å². The van der Waals surface area contributed by atoms with E-state index >= 15 is 0 Å². The first-order valence-electron chi connectivity index (χ1n) is 5.42. The van der Waals surface area contributed by atoms with Crippen LogP contribution in [-0.4, -0.2) is 62.0 Å². The molecule has 1 amide bonds. The second-order valence-corrected chi connectivity index (χ2v) is 3.75. The minimum absolute atomic E-state index is 0.226. The Bertz CT molecular complexity index is 176. The molecule has 0 aromatic carbocycles. The normalized spacial score (nSPS) is 18.6. The van der Waals surface area contributed by atoms with Gasteiger partial charge in [-0.15, -0.1) is 0 Å². The van der Waals surface area contributed by atoms with Crippen LogP contribution in [0.1, 0.15) is 13.3 Å². The Morgan fingerprint density at radius 1 is 1.29 bits per heavy atom. The molecule has 0 radical (unpaired) electrons. The number of carbonyl (C=O) groups is 1. The average molecular weight is 199 g/mol. The molecule has 1 heterocycles. The molecular formula is C10H21N3O. The van der Waals surface area contributed by atoms with Gasteiger partial charge in [0.15, 0.2) is 0 Å². The predicted molar refractivity (Wildman–Crippen MR) is 57.2 cm³/mol. The van der Waals surface area contributed by atoms with Gasteiger partial charge in [-0.2, -0.15) is 0 Å². The van der Waals surface area contributed by atoms with Crippen molar-refractivity contribution < 1.29 is 4.79 Å². The first kappa shape index (κ1) is 11.5. The van der Waals surface area contributed by atoms with Crippen molar-refractivity contribution in [3.8, 4) is 0 Å². The summed E-state index contributed by atoms with van der Waals surface area (Å²) in [6.45, 7) is 7.66. The van der Waals surface area contributed by atoms with Crippen molar-refractivity contribution in [2.45, 2.75) is 13.3 Å². The summed E-state index contributed by atoms with van der Waals surface area (Å²) in [4.78, 5) is 15.9. The lowest BCUT2D eigenvalue weighted by molar-refractivity contribution is -0.131. The zero-order valence-corrected chi connectivity index (χ0v) is 9.25. The highest BCUT2D eigenvalue weighted by molar-refractivity contribution is 5.78. The summed E-state index contributed by atoms with van der Waals surface area (Å²) in [5.41, 5.74) is 0. The minimum atomic E-state index is 0.226. The van der Waals surface area contributed by atoms with Gasteiger partial charge in [0.05, 0.1) is 6.54 Å². The van der Waals surface area contributed by atoms with Crippen LogP contribution in [0.25, 0.3) is 0 Å². The number of nitrogens with zero attached hydrogens (tertiary/aromatic N) is 2. The Morgan fingerprint density at radius 3 is 2.43 bits per heavy atom. The van der Waals surface area contributed by atoms with Crippen LogP contribution in [0.15, 0.2) is 0 Å². The molecule has 14 heavy (non-hydrogen) atoms. The fourth-order valence-electron chi connectivity index (χ4n) is 1.80. The zero-order valence-electron chi connectivity index (χ0n) is 9.25. The highest BCUT2D eigenvalue weighted by atomic mass is 16.2. The summed E-state index contributed by atoms with van der Waals surface area (Å²) in [5.74, 6) is 0.226. The SMILES string of the molecule is CCCN1CCN(C(=O)CNC)CC1. The monoisotopic (exact) mass is 199 g/mol. The molecule has 82 valence electrons. The van der Waals surface area contributed by atoms with Crippen LogP contribution >= 0.6 is 0 Å². The number of piperazine rings is 1. The van der Waals surface area contributed by atoms with Gasteiger partial charge < -0.3 is 10.2 Å². The van der Waals surface area contributed by atoms with Crippen molar-refractivity contribution in [3.63, 3.8) is 0 Å². The molecule has 0 atom stereocenters. The van der Waals surface area contributed by atoms with Gasteiger partial charge in [0.2, 0.25) is 5.91 Å². The van der Waals surface area contributed by atoms with E-state index < -0.39 is 0 Å². The third-order valence-electron chi connectivity index (χ3n) is 2.59. The number of hydrogen-bond donors (Lipinski definition) is 1. The zero-order chi connectivity index (χ0) is 10.4. The van der Waals surface area contributed by atoms with Gasteiger partial charge in [-0.1, -0.05) is 6.92 Å². The number of nitrogens with one attached hydrogen (secondary N) is 1. The highest BCUT2D eigenvalue weighted by Crippen LogP contribution is 2.02. The maximum Gasteiger partial charge on any atom is 0.236 e. The third kappa shape index (κ3) is 3.27. The first-order chi connectivity index (χ1) is 6.77. The highest BCUT2D eigenvalue weighted by Gasteiger charge is 2.19. The molecule has 4 nitrogen and oxygen atoms in total. The topological polar surface area (TPSA) is 35.6 Å². The van der Waals surface area contributed by atoms with E-state index in [9.17, 15) is 4.79 Å². The second-order valence-electron chi connectivity index (χ2n) is 3.75. The summed E-state index contributed by atoms with van der Waals surface area (Å²) < 4.78 is 0. The molecule has 1 aliphatic rings. The quantitative estimate of drug-likeness (QED) is 0.679. The van der Waals surface area contributed by atoms with E-state index in [1.165, 1.54) is 6.42 Å². The summed E-state index contributed by atoms with van der Waals surface area (Å²) in [7, 11) is 1.81. The van der Waals surface area contributed by atoms with E-state index in [0.717, 1.165) is 32.7 Å². The molecule has 0 bridgehead atoms. The fraction of sp³-hybridized carbons (Fsp3) is 0.900. The van der Waals surface area contributed by atoms with Gasteiger partial charge in [0, 0.05) is 26.2 Å². The van der Waals surface area contributed by atoms with Crippen LogP contribution < -0.4 is 5.32 Å². The van der Waals surface area contributed by atoms with Crippen LogP contribution in [0.2, 0.25) is 0 Å². The fourth-order valence-corrected chi connectivity index (χ4v) is 1.80. The third-order valence-corrected chi connectivity index (χ3v) is 2.59. The van der Waals surface area contributed by atoms with Gasteiger partial charge in [-0.3, -0.25) is 9.69 Å². The molecule has 4 heteroatoms. The Hall–Kier alpha value is -0.610. The average Bonchev–Trinajstić information content (AvgIpc) is 2.20. The molecule has 1 N–H and O–H groups in total. The van der Waals surface area contributed by atoms with E-state index in [4.69, 9.17) is 0 Å². The number of rotatable bonds is 4. The maximum atomic E-state index is 11.5. The molecule has 0 aromatic heterocycles.